The van der Waals surface area contributed by atoms with Crippen LogP contribution in [0.5, 0.6) is 0 Å². The molecule has 0 radical (unpaired) electrons. The molecule has 0 saturated heterocycles. The number of carbonyl (C=O) groups excluding carboxylic acids is 1. The number of rotatable bonds is 26. The van der Waals surface area contributed by atoms with Gasteiger partial charge in [0.2, 0.25) is 0 Å². The Morgan fingerprint density at radius 1 is 0.537 bits per heavy atom. The highest BCUT2D eigenvalue weighted by atomic mass is 32.3. The predicted molar refractivity (Wildman–Crippen MR) is 228 cm³/mol. The Morgan fingerprint density at radius 2 is 0.778 bits per heavy atom. The lowest BCUT2D eigenvalue weighted by Gasteiger charge is -2.39. The lowest BCUT2D eigenvalue weighted by Crippen LogP contribution is -2.50. The Labute approximate surface area is 335 Å². The molecule has 0 spiro atoms. The van der Waals surface area contributed by atoms with Crippen LogP contribution in [0.25, 0.3) is 0 Å². The number of quaternary nitrogens is 2. The molecule has 0 atom stereocenters. The van der Waals surface area contributed by atoms with E-state index in [0.29, 0.717) is 18.4 Å². The smallest absolute Gasteiger partial charge is 0.194 e. The SMILES string of the molecule is CCCC[N+](CCCC)(CCCC)CCCC.CCCC[N+](CCCC)(CCCC)CCCC.O=C(c1ccccc1)C1(O)CCCCC1.O=S(=O)([O-])[O-]. The molecule has 1 N–H and O–H groups in total. The van der Waals surface area contributed by atoms with Crippen molar-refractivity contribution in [2.75, 3.05) is 52.4 Å². The van der Waals surface area contributed by atoms with Crippen molar-refractivity contribution in [2.45, 2.75) is 196 Å². The Morgan fingerprint density at radius 3 is 1.00 bits per heavy atom. The molecule has 1 aromatic carbocycles. The highest BCUT2D eigenvalue weighted by molar-refractivity contribution is 7.79. The second-order valence-electron chi connectivity index (χ2n) is 16.0. The van der Waals surface area contributed by atoms with E-state index >= 15 is 0 Å². The highest BCUT2D eigenvalue weighted by Gasteiger charge is 2.37. The van der Waals surface area contributed by atoms with Gasteiger partial charge in [-0.2, -0.15) is 0 Å². The zero-order chi connectivity index (χ0) is 41.2. The van der Waals surface area contributed by atoms with Gasteiger partial charge in [0.05, 0.1) is 52.4 Å². The molecule has 1 aliphatic carbocycles. The zero-order valence-electron chi connectivity index (χ0n) is 36.7. The summed E-state index contributed by atoms with van der Waals surface area (Å²) in [5, 5.41) is 10.2. The van der Waals surface area contributed by atoms with Gasteiger partial charge in [-0.05, 0) is 64.2 Å². The summed E-state index contributed by atoms with van der Waals surface area (Å²) in [5.41, 5.74) is -0.471. The third-order valence-electron chi connectivity index (χ3n) is 11.0. The molecule has 0 amide bonds. The van der Waals surface area contributed by atoms with Crippen LogP contribution < -0.4 is 0 Å². The first kappa shape index (κ1) is 54.7. The number of carbonyl (C=O) groups is 1. The molecule has 0 unspecified atom stereocenters. The van der Waals surface area contributed by atoms with Crippen molar-refractivity contribution in [2.24, 2.45) is 0 Å². The molecule has 54 heavy (non-hydrogen) atoms. The fraction of sp³-hybridized carbons (Fsp3) is 0.844. The Balaban J connectivity index is 0. The third-order valence-corrected chi connectivity index (χ3v) is 11.0. The average Bonchev–Trinajstić information content (AvgIpc) is 3.17. The quantitative estimate of drug-likeness (QED) is 0.0432. The monoisotopic (exact) mass is 785 g/mol. The van der Waals surface area contributed by atoms with Crippen LogP contribution in [-0.2, 0) is 10.4 Å². The van der Waals surface area contributed by atoms with E-state index in [1.165, 1.54) is 164 Å². The van der Waals surface area contributed by atoms with E-state index < -0.39 is 16.0 Å². The normalized spacial score (nSPS) is 14.1. The molecular weight excluding hydrogens is 697 g/mol. The van der Waals surface area contributed by atoms with E-state index in [9.17, 15) is 9.90 Å². The number of hydrogen-bond acceptors (Lipinski definition) is 6. The van der Waals surface area contributed by atoms with Crippen LogP contribution in [0.1, 0.15) is 201 Å². The molecule has 8 nitrogen and oxygen atoms in total. The van der Waals surface area contributed by atoms with Gasteiger partial charge in [0.1, 0.15) is 5.60 Å². The maximum absolute atomic E-state index is 12.1. The maximum Gasteiger partial charge on any atom is 0.194 e. The summed E-state index contributed by atoms with van der Waals surface area (Å²) in [5.74, 6) is -0.109. The number of ketones is 1. The number of aliphatic hydroxyl groups is 1. The van der Waals surface area contributed by atoms with E-state index in [4.69, 9.17) is 17.5 Å². The Kier molecular flexibility index (Phi) is 34.2. The predicted octanol–water partition coefficient (Wildman–Crippen LogP) is 11.2. The number of unbranched alkanes of at least 4 members (excludes halogenated alkanes) is 8. The summed E-state index contributed by atoms with van der Waals surface area (Å²) >= 11 is 0. The molecule has 0 heterocycles. The molecule has 2 rings (SSSR count). The van der Waals surface area contributed by atoms with Crippen molar-refractivity contribution in [1.82, 2.24) is 0 Å². The van der Waals surface area contributed by atoms with Gasteiger partial charge in [0.25, 0.3) is 0 Å². The van der Waals surface area contributed by atoms with Crippen LogP contribution in [0.15, 0.2) is 30.3 Å². The van der Waals surface area contributed by atoms with Gasteiger partial charge in [-0.1, -0.05) is 156 Å². The molecule has 0 bridgehead atoms. The molecule has 1 fully saturated rings. The minimum Gasteiger partial charge on any atom is -0.759 e. The van der Waals surface area contributed by atoms with Crippen LogP contribution in [0.3, 0.4) is 0 Å². The van der Waals surface area contributed by atoms with Crippen LogP contribution in [0.4, 0.5) is 0 Å². The molecule has 1 aliphatic rings. The Hall–Kier alpha value is -1.36. The van der Waals surface area contributed by atoms with Gasteiger partial charge in [-0.3, -0.25) is 13.2 Å². The van der Waals surface area contributed by atoms with Gasteiger partial charge in [0, 0.05) is 16.0 Å². The highest BCUT2D eigenvalue weighted by Crippen LogP contribution is 2.31. The van der Waals surface area contributed by atoms with Gasteiger partial charge < -0.3 is 23.2 Å². The van der Waals surface area contributed by atoms with Gasteiger partial charge in [-0.25, -0.2) is 0 Å². The molecule has 0 aliphatic heterocycles. The summed E-state index contributed by atoms with van der Waals surface area (Å²) < 4.78 is 36.9. The van der Waals surface area contributed by atoms with Crippen molar-refractivity contribution < 1.29 is 36.4 Å². The van der Waals surface area contributed by atoms with Crippen molar-refractivity contribution in [1.29, 1.82) is 0 Å². The first-order valence-corrected chi connectivity index (χ1v) is 23.7. The standard InChI is InChI=1S/2C16H36N.C13H16O2.H2O4S/c2*1-5-9-13-17(14-10-6-2,15-11-7-3)16-12-8-4;14-12(11-7-3-1-4-8-11)13(15)9-5-2-6-10-13;1-5(2,3)4/h2*5-16H2,1-4H3;1,3-4,7-8,15H,2,5-6,9-10H2;(H2,1,2,3,4)/q2*+1;;/p-2. The van der Waals surface area contributed by atoms with Crippen molar-refractivity contribution in [3.63, 3.8) is 0 Å². The summed E-state index contributed by atoms with van der Waals surface area (Å²) in [6.45, 7) is 30.0. The van der Waals surface area contributed by atoms with E-state index in [-0.39, 0.29) is 5.78 Å². The molecule has 0 aromatic heterocycles. The van der Waals surface area contributed by atoms with Gasteiger partial charge >= 0.3 is 0 Å². The average molecular weight is 785 g/mol. The van der Waals surface area contributed by atoms with Crippen molar-refractivity contribution in [3.8, 4) is 0 Å². The third kappa shape index (κ3) is 28.1. The summed E-state index contributed by atoms with van der Waals surface area (Å²) in [6, 6.07) is 9.09. The topological polar surface area (TPSA) is 118 Å². The second-order valence-corrected chi connectivity index (χ2v) is 16.8. The summed E-state index contributed by atoms with van der Waals surface area (Å²) in [6.07, 6.45) is 26.4. The molecule has 1 aromatic rings. The van der Waals surface area contributed by atoms with E-state index in [1.807, 2.05) is 18.2 Å². The summed E-state index contributed by atoms with van der Waals surface area (Å²) in [7, 11) is -5.17. The van der Waals surface area contributed by atoms with Crippen LogP contribution in [0.2, 0.25) is 0 Å². The lowest BCUT2D eigenvalue weighted by molar-refractivity contribution is -0.929. The maximum atomic E-state index is 12.1. The fourth-order valence-corrected chi connectivity index (χ4v) is 7.51. The fourth-order valence-electron chi connectivity index (χ4n) is 7.51. The first-order chi connectivity index (χ1) is 25.7. The summed E-state index contributed by atoms with van der Waals surface area (Å²) in [4.78, 5) is 12.1. The molecule has 9 heteroatoms. The number of Topliss-reactive ketones (excluding diaryl/α,β-unsaturated/α-hetero) is 1. The van der Waals surface area contributed by atoms with Crippen LogP contribution in [-0.4, -0.2) is 95.3 Å². The number of benzene rings is 1. The van der Waals surface area contributed by atoms with Crippen LogP contribution >= 0.6 is 0 Å². The van der Waals surface area contributed by atoms with Crippen molar-refractivity contribution >= 4 is 16.2 Å². The minimum atomic E-state index is -5.17. The van der Waals surface area contributed by atoms with E-state index in [0.717, 1.165) is 19.3 Å². The van der Waals surface area contributed by atoms with E-state index in [1.54, 1.807) is 12.1 Å². The molecule has 1 saturated carbocycles. The first-order valence-electron chi connectivity index (χ1n) is 22.4. The second kappa shape index (κ2) is 33.7. The zero-order valence-corrected chi connectivity index (χ0v) is 37.5. The largest absolute Gasteiger partial charge is 0.759 e. The molecular formula is C45H88N2O6S. The van der Waals surface area contributed by atoms with Crippen LogP contribution in [0, 0.1) is 0 Å². The lowest BCUT2D eigenvalue weighted by atomic mass is 9.79. The number of nitrogens with zero attached hydrogens (tertiary/aromatic N) is 2. The van der Waals surface area contributed by atoms with Gasteiger partial charge in [-0.15, -0.1) is 0 Å². The van der Waals surface area contributed by atoms with Gasteiger partial charge in [0.15, 0.2) is 5.78 Å². The molecule has 320 valence electrons. The Bertz CT molecular complexity index is 974. The minimum absolute atomic E-state index is 0.109. The number of hydrogen-bond donors (Lipinski definition) is 1. The van der Waals surface area contributed by atoms with E-state index in [2.05, 4.69) is 55.4 Å². The van der Waals surface area contributed by atoms with Crippen molar-refractivity contribution in [3.05, 3.63) is 35.9 Å².